The van der Waals surface area contributed by atoms with Crippen LogP contribution in [0.5, 0.6) is 0 Å². The Bertz CT molecular complexity index is 445. The lowest BCUT2D eigenvalue weighted by atomic mass is 9.83. The molecule has 2 atom stereocenters. The van der Waals surface area contributed by atoms with Crippen molar-refractivity contribution in [1.82, 2.24) is 9.88 Å². The molecule has 5 heteroatoms. The van der Waals surface area contributed by atoms with Gasteiger partial charge in [0.2, 0.25) is 5.91 Å². The average molecular weight is 267 g/mol. The van der Waals surface area contributed by atoms with Gasteiger partial charge in [-0.15, -0.1) is 11.3 Å². The first-order valence-electron chi connectivity index (χ1n) is 6.35. The molecule has 1 amide bonds. The van der Waals surface area contributed by atoms with Crippen LogP contribution in [0, 0.1) is 12.3 Å². The van der Waals surface area contributed by atoms with Gasteiger partial charge in [0.15, 0.2) is 0 Å². The van der Waals surface area contributed by atoms with Crippen LogP contribution in [0.2, 0.25) is 0 Å². The minimum absolute atomic E-state index is 0.00462. The normalized spacial score (nSPS) is 27.4. The van der Waals surface area contributed by atoms with Gasteiger partial charge in [-0.2, -0.15) is 0 Å². The zero-order valence-corrected chi connectivity index (χ0v) is 12.1. The van der Waals surface area contributed by atoms with E-state index in [0.717, 1.165) is 29.8 Å². The van der Waals surface area contributed by atoms with Crippen molar-refractivity contribution in [2.24, 2.45) is 11.1 Å². The predicted molar refractivity (Wildman–Crippen MR) is 73.3 cm³/mol. The molecule has 0 bridgehead atoms. The molecule has 1 aliphatic carbocycles. The largest absolute Gasteiger partial charge is 0.340 e. The van der Waals surface area contributed by atoms with Gasteiger partial charge in [-0.1, -0.05) is 6.42 Å². The highest BCUT2D eigenvalue weighted by Crippen LogP contribution is 2.38. The predicted octanol–water partition coefficient (Wildman–Crippen LogP) is 1.93. The zero-order valence-electron chi connectivity index (χ0n) is 11.3. The van der Waals surface area contributed by atoms with E-state index in [1.54, 1.807) is 16.2 Å². The van der Waals surface area contributed by atoms with Gasteiger partial charge in [0.1, 0.15) is 0 Å². The number of nitrogens with zero attached hydrogens (tertiary/aromatic N) is 2. The second-order valence-electron chi connectivity index (χ2n) is 5.44. The molecule has 18 heavy (non-hydrogen) atoms. The first-order valence-corrected chi connectivity index (χ1v) is 7.23. The van der Waals surface area contributed by atoms with Gasteiger partial charge < -0.3 is 10.6 Å². The van der Waals surface area contributed by atoms with Crippen molar-refractivity contribution in [3.8, 4) is 0 Å². The van der Waals surface area contributed by atoms with Crippen LogP contribution in [-0.2, 0) is 11.3 Å². The Balaban J connectivity index is 2.07. The third kappa shape index (κ3) is 2.29. The number of rotatable bonds is 3. The highest BCUT2D eigenvalue weighted by molar-refractivity contribution is 7.09. The minimum Gasteiger partial charge on any atom is -0.340 e. The molecule has 2 N–H and O–H groups in total. The maximum atomic E-state index is 12.5. The number of aromatic nitrogens is 1. The summed E-state index contributed by atoms with van der Waals surface area (Å²) in [6.45, 7) is 4.62. The summed E-state index contributed by atoms with van der Waals surface area (Å²) in [6.07, 6.45) is 2.91. The van der Waals surface area contributed by atoms with Gasteiger partial charge in [-0.3, -0.25) is 4.79 Å². The molecule has 1 heterocycles. The molecule has 0 aromatic carbocycles. The molecular formula is C13H21N3OS. The summed E-state index contributed by atoms with van der Waals surface area (Å²) in [7, 11) is 1.86. The summed E-state index contributed by atoms with van der Waals surface area (Å²) in [6, 6.07) is -0.00462. The second-order valence-corrected chi connectivity index (χ2v) is 6.38. The van der Waals surface area contributed by atoms with E-state index in [9.17, 15) is 4.79 Å². The molecule has 0 saturated heterocycles. The van der Waals surface area contributed by atoms with Gasteiger partial charge in [0, 0.05) is 18.0 Å². The molecule has 0 aliphatic heterocycles. The van der Waals surface area contributed by atoms with E-state index >= 15 is 0 Å². The van der Waals surface area contributed by atoms with E-state index < -0.39 is 0 Å². The zero-order chi connectivity index (χ0) is 13.3. The minimum atomic E-state index is -0.382. The number of carbonyl (C=O) groups is 1. The maximum Gasteiger partial charge on any atom is 0.230 e. The van der Waals surface area contributed by atoms with Crippen LogP contribution >= 0.6 is 11.3 Å². The fraction of sp³-hybridized carbons (Fsp3) is 0.692. The summed E-state index contributed by atoms with van der Waals surface area (Å²) >= 11 is 1.60. The van der Waals surface area contributed by atoms with Gasteiger partial charge >= 0.3 is 0 Å². The maximum absolute atomic E-state index is 12.5. The number of thiazole rings is 1. The summed E-state index contributed by atoms with van der Waals surface area (Å²) in [4.78, 5) is 19.7. The molecule has 100 valence electrons. The second kappa shape index (κ2) is 4.97. The summed E-state index contributed by atoms with van der Waals surface area (Å²) in [5.74, 6) is 0.167. The lowest BCUT2D eigenvalue weighted by Gasteiger charge is -2.32. The molecule has 1 aromatic heterocycles. The van der Waals surface area contributed by atoms with Gasteiger partial charge in [0.25, 0.3) is 0 Å². The Labute approximate surface area is 112 Å². The Morgan fingerprint density at radius 3 is 2.94 bits per heavy atom. The number of aryl methyl sites for hydroxylation is 1. The lowest BCUT2D eigenvalue weighted by Crippen LogP contribution is -2.47. The number of hydrogen-bond acceptors (Lipinski definition) is 4. The van der Waals surface area contributed by atoms with Crippen LogP contribution in [-0.4, -0.2) is 28.9 Å². The molecule has 0 spiro atoms. The summed E-state index contributed by atoms with van der Waals surface area (Å²) < 4.78 is 0. The number of hydrogen-bond donors (Lipinski definition) is 1. The topological polar surface area (TPSA) is 59.2 Å². The third-order valence-electron chi connectivity index (χ3n) is 4.09. The first kappa shape index (κ1) is 13.5. The monoisotopic (exact) mass is 267 g/mol. The summed E-state index contributed by atoms with van der Waals surface area (Å²) in [5, 5.41) is 0. The van der Waals surface area contributed by atoms with E-state index in [4.69, 9.17) is 5.73 Å². The van der Waals surface area contributed by atoms with Crippen molar-refractivity contribution >= 4 is 17.2 Å². The first-order chi connectivity index (χ1) is 8.45. The lowest BCUT2D eigenvalue weighted by molar-refractivity contribution is -0.140. The van der Waals surface area contributed by atoms with Crippen LogP contribution in [0.3, 0.4) is 0 Å². The van der Waals surface area contributed by atoms with E-state index in [0.29, 0.717) is 6.54 Å². The van der Waals surface area contributed by atoms with Crippen molar-refractivity contribution < 1.29 is 4.79 Å². The molecule has 1 saturated carbocycles. The number of amides is 1. The molecule has 2 rings (SSSR count). The van der Waals surface area contributed by atoms with Crippen LogP contribution < -0.4 is 5.73 Å². The fourth-order valence-corrected chi connectivity index (χ4v) is 3.49. The van der Waals surface area contributed by atoms with E-state index in [2.05, 4.69) is 4.98 Å². The van der Waals surface area contributed by atoms with Gasteiger partial charge in [0.05, 0.1) is 23.2 Å². The molecule has 1 aromatic rings. The van der Waals surface area contributed by atoms with Gasteiger partial charge in [-0.05, 0) is 26.7 Å². The van der Waals surface area contributed by atoms with Crippen LogP contribution in [0.25, 0.3) is 0 Å². The van der Waals surface area contributed by atoms with Crippen molar-refractivity contribution in [2.75, 3.05) is 7.05 Å². The Morgan fingerprint density at radius 1 is 1.72 bits per heavy atom. The number of carbonyl (C=O) groups excluding carboxylic acids is 1. The van der Waals surface area contributed by atoms with Crippen LogP contribution in [0.4, 0.5) is 0 Å². The Hall–Kier alpha value is -0.940. The highest BCUT2D eigenvalue weighted by Gasteiger charge is 2.44. The van der Waals surface area contributed by atoms with Crippen LogP contribution in [0.15, 0.2) is 5.51 Å². The molecule has 1 aliphatic rings. The number of nitrogens with two attached hydrogens (primary N) is 1. The fourth-order valence-electron chi connectivity index (χ4n) is 2.66. The van der Waals surface area contributed by atoms with Crippen molar-refractivity contribution in [3.63, 3.8) is 0 Å². The van der Waals surface area contributed by atoms with Gasteiger partial charge in [-0.25, -0.2) is 4.98 Å². The smallest absolute Gasteiger partial charge is 0.230 e. The molecule has 4 nitrogen and oxygen atoms in total. The van der Waals surface area contributed by atoms with Crippen molar-refractivity contribution in [1.29, 1.82) is 0 Å². The van der Waals surface area contributed by atoms with E-state index in [-0.39, 0.29) is 17.4 Å². The molecule has 1 fully saturated rings. The quantitative estimate of drug-likeness (QED) is 0.910. The molecular weight excluding hydrogens is 246 g/mol. The summed E-state index contributed by atoms with van der Waals surface area (Å²) in [5.41, 5.74) is 8.56. The third-order valence-corrected chi connectivity index (χ3v) is 5.01. The van der Waals surface area contributed by atoms with E-state index in [1.807, 2.05) is 26.4 Å². The van der Waals surface area contributed by atoms with E-state index in [1.165, 1.54) is 0 Å². The SMILES string of the molecule is Cc1ncsc1CN(C)C(=O)C1(C)CCCC1N. The average Bonchev–Trinajstić information content (AvgIpc) is 2.87. The molecule has 2 unspecified atom stereocenters. The Kier molecular flexibility index (Phi) is 3.73. The van der Waals surface area contributed by atoms with Crippen LogP contribution in [0.1, 0.15) is 36.8 Å². The van der Waals surface area contributed by atoms with Crippen molar-refractivity contribution in [3.05, 3.63) is 16.1 Å². The van der Waals surface area contributed by atoms with Crippen molar-refractivity contribution in [2.45, 2.75) is 45.7 Å². The standard InChI is InChI=1S/C13H21N3OS/c1-9-10(18-8-15-9)7-16(3)12(17)13(2)6-4-5-11(13)14/h8,11H,4-7,14H2,1-3H3. The molecule has 0 radical (unpaired) electrons. The Morgan fingerprint density at radius 2 is 2.44 bits per heavy atom. The highest BCUT2D eigenvalue weighted by atomic mass is 32.1.